The summed E-state index contributed by atoms with van der Waals surface area (Å²) in [6.45, 7) is 0. The van der Waals surface area contributed by atoms with Crippen LogP contribution in [0.15, 0.2) is 67.1 Å². The Bertz CT molecular complexity index is 1080. The lowest BCUT2D eigenvalue weighted by Gasteiger charge is -2.20. The van der Waals surface area contributed by atoms with E-state index in [1.807, 2.05) is 6.20 Å². The van der Waals surface area contributed by atoms with Crippen LogP contribution in [-0.2, 0) is 6.42 Å². The minimum Gasteiger partial charge on any atom is -0.261 e. The zero-order chi connectivity index (χ0) is 15.9. The topological polar surface area (TPSA) is 25.8 Å². The number of fused-ring (bicyclic) bond motifs is 5. The molecule has 0 bridgehead atoms. The molecule has 2 heteroatoms. The van der Waals surface area contributed by atoms with Gasteiger partial charge in [-0.1, -0.05) is 60.7 Å². The van der Waals surface area contributed by atoms with Crippen molar-refractivity contribution in [3.05, 3.63) is 94.4 Å². The van der Waals surface area contributed by atoms with Crippen LogP contribution in [0.3, 0.4) is 0 Å². The molecule has 2 aromatic carbocycles. The molecule has 1 aromatic heterocycles. The third-order valence-corrected chi connectivity index (χ3v) is 4.96. The maximum absolute atomic E-state index is 4.51. The minimum absolute atomic E-state index is 0.176. The Kier molecular flexibility index (Phi) is 2.95. The molecule has 2 aliphatic carbocycles. The molecule has 24 heavy (non-hydrogen) atoms. The molecule has 2 aliphatic rings. The molecule has 0 saturated carbocycles. The molecule has 3 aromatic rings. The van der Waals surface area contributed by atoms with Crippen molar-refractivity contribution < 1.29 is 0 Å². The van der Waals surface area contributed by atoms with Crippen LogP contribution in [0.1, 0.15) is 22.7 Å². The lowest BCUT2D eigenvalue weighted by molar-refractivity contribution is 0.918. The molecule has 114 valence electrons. The van der Waals surface area contributed by atoms with Gasteiger partial charge in [-0.2, -0.15) is 0 Å². The van der Waals surface area contributed by atoms with Gasteiger partial charge < -0.3 is 0 Å². The van der Waals surface area contributed by atoms with E-state index in [1.165, 1.54) is 32.7 Å². The van der Waals surface area contributed by atoms with Crippen molar-refractivity contribution in [3.63, 3.8) is 0 Å². The first kappa shape index (κ1) is 13.4. The molecule has 0 amide bonds. The van der Waals surface area contributed by atoms with E-state index in [1.54, 1.807) is 12.4 Å². The summed E-state index contributed by atoms with van der Waals surface area (Å²) in [5.41, 5.74) is 6.41. The molecule has 0 fully saturated rings. The first-order valence-electron chi connectivity index (χ1n) is 8.27. The Morgan fingerprint density at radius 1 is 0.917 bits per heavy atom. The van der Waals surface area contributed by atoms with Gasteiger partial charge in [0.05, 0.1) is 5.69 Å². The predicted octanol–water partition coefficient (Wildman–Crippen LogP) is 2.96. The van der Waals surface area contributed by atoms with E-state index in [4.69, 9.17) is 0 Å². The van der Waals surface area contributed by atoms with Crippen molar-refractivity contribution >= 4 is 12.2 Å². The molecular formula is C22H16N2. The molecule has 1 unspecified atom stereocenters. The Balaban J connectivity index is 1.76. The van der Waals surface area contributed by atoms with Crippen LogP contribution < -0.4 is 10.4 Å². The van der Waals surface area contributed by atoms with Crippen LogP contribution in [0.4, 0.5) is 0 Å². The van der Waals surface area contributed by atoms with Gasteiger partial charge in [0.25, 0.3) is 0 Å². The SMILES string of the molecule is C1=CC(c2cnccn2)c2ccc3c(c2=C1)=CCc1ccccc1-3. The van der Waals surface area contributed by atoms with E-state index in [-0.39, 0.29) is 5.92 Å². The number of rotatable bonds is 1. The van der Waals surface area contributed by atoms with Crippen LogP contribution in [0.5, 0.6) is 0 Å². The van der Waals surface area contributed by atoms with Crippen molar-refractivity contribution in [2.24, 2.45) is 0 Å². The lowest BCUT2D eigenvalue weighted by Crippen LogP contribution is -2.34. The van der Waals surface area contributed by atoms with Gasteiger partial charge in [0.2, 0.25) is 0 Å². The third-order valence-electron chi connectivity index (χ3n) is 4.96. The molecule has 5 rings (SSSR count). The number of benzene rings is 2. The molecule has 0 aliphatic heterocycles. The molecule has 0 spiro atoms. The molecule has 0 radical (unpaired) electrons. The first-order chi connectivity index (χ1) is 11.9. The van der Waals surface area contributed by atoms with Gasteiger partial charge in [0.15, 0.2) is 0 Å². The second-order valence-electron chi connectivity index (χ2n) is 6.25. The van der Waals surface area contributed by atoms with Crippen molar-refractivity contribution in [1.29, 1.82) is 0 Å². The zero-order valence-corrected chi connectivity index (χ0v) is 13.2. The summed E-state index contributed by atoms with van der Waals surface area (Å²) in [5.74, 6) is 0.176. The van der Waals surface area contributed by atoms with Gasteiger partial charge in [-0.05, 0) is 39.1 Å². The van der Waals surface area contributed by atoms with Gasteiger partial charge in [-0.3, -0.25) is 9.97 Å². The summed E-state index contributed by atoms with van der Waals surface area (Å²) >= 11 is 0. The number of hydrogen-bond donors (Lipinski definition) is 0. The van der Waals surface area contributed by atoms with E-state index in [2.05, 4.69) is 70.7 Å². The average molecular weight is 308 g/mol. The summed E-state index contributed by atoms with van der Waals surface area (Å²) < 4.78 is 0. The minimum atomic E-state index is 0.176. The quantitative estimate of drug-likeness (QED) is 0.691. The van der Waals surface area contributed by atoms with E-state index in [9.17, 15) is 0 Å². The molecule has 0 N–H and O–H groups in total. The largest absolute Gasteiger partial charge is 0.261 e. The van der Waals surface area contributed by atoms with Gasteiger partial charge in [0.1, 0.15) is 0 Å². The van der Waals surface area contributed by atoms with E-state index < -0.39 is 0 Å². The molecule has 0 saturated heterocycles. The van der Waals surface area contributed by atoms with Crippen molar-refractivity contribution in [1.82, 2.24) is 9.97 Å². The Labute approximate surface area is 140 Å². The normalized spacial score (nSPS) is 17.1. The monoisotopic (exact) mass is 308 g/mol. The van der Waals surface area contributed by atoms with Crippen molar-refractivity contribution in [2.45, 2.75) is 12.3 Å². The highest BCUT2D eigenvalue weighted by Gasteiger charge is 2.19. The maximum Gasteiger partial charge on any atom is 0.0699 e. The van der Waals surface area contributed by atoms with E-state index >= 15 is 0 Å². The highest BCUT2D eigenvalue weighted by molar-refractivity contribution is 5.74. The van der Waals surface area contributed by atoms with Crippen LogP contribution in [-0.4, -0.2) is 9.97 Å². The van der Waals surface area contributed by atoms with Crippen LogP contribution in [0.2, 0.25) is 0 Å². The highest BCUT2D eigenvalue weighted by Crippen LogP contribution is 2.27. The lowest BCUT2D eigenvalue weighted by atomic mass is 9.84. The molecule has 1 heterocycles. The third kappa shape index (κ3) is 1.96. The standard InChI is InChI=1S/C22H16N2/c1-2-5-16-15(4-1)8-9-19-17-6-3-7-21(20(17)11-10-18(16)19)22-14-23-12-13-24-22/h1-7,9-14,21H,8H2. The zero-order valence-electron chi connectivity index (χ0n) is 13.2. The fourth-order valence-electron chi connectivity index (χ4n) is 3.83. The van der Waals surface area contributed by atoms with E-state index in [0.29, 0.717) is 0 Å². The van der Waals surface area contributed by atoms with Gasteiger partial charge in [-0.25, -0.2) is 0 Å². The second-order valence-corrected chi connectivity index (χ2v) is 6.25. The van der Waals surface area contributed by atoms with Crippen molar-refractivity contribution in [2.75, 3.05) is 0 Å². The first-order valence-corrected chi connectivity index (χ1v) is 8.27. The number of allylic oxidation sites excluding steroid dienone is 2. The summed E-state index contributed by atoms with van der Waals surface area (Å²) in [4.78, 5) is 8.75. The molecule has 1 atom stereocenters. The summed E-state index contributed by atoms with van der Waals surface area (Å²) in [6.07, 6.45) is 15.3. The Hall–Kier alpha value is -3.00. The van der Waals surface area contributed by atoms with Crippen LogP contribution in [0.25, 0.3) is 23.3 Å². The maximum atomic E-state index is 4.51. The fraction of sp³-hybridized carbons (Fsp3) is 0.0909. The molecule has 2 nitrogen and oxygen atoms in total. The Morgan fingerprint density at radius 3 is 2.79 bits per heavy atom. The van der Waals surface area contributed by atoms with Gasteiger partial charge >= 0.3 is 0 Å². The highest BCUT2D eigenvalue weighted by atomic mass is 14.8. The summed E-state index contributed by atoms with van der Waals surface area (Å²) in [7, 11) is 0. The summed E-state index contributed by atoms with van der Waals surface area (Å²) in [5, 5.41) is 2.67. The van der Waals surface area contributed by atoms with Crippen LogP contribution in [0, 0.1) is 0 Å². The average Bonchev–Trinajstić information content (AvgIpc) is 2.67. The van der Waals surface area contributed by atoms with Gasteiger partial charge in [-0.15, -0.1) is 0 Å². The number of aromatic nitrogens is 2. The fourth-order valence-corrected chi connectivity index (χ4v) is 3.83. The predicted molar refractivity (Wildman–Crippen MR) is 96.8 cm³/mol. The summed E-state index contributed by atoms with van der Waals surface area (Å²) in [6, 6.07) is 13.2. The number of nitrogens with zero attached hydrogens (tertiary/aromatic N) is 2. The van der Waals surface area contributed by atoms with Gasteiger partial charge in [0, 0.05) is 24.5 Å². The van der Waals surface area contributed by atoms with Crippen LogP contribution >= 0.6 is 0 Å². The number of hydrogen-bond acceptors (Lipinski definition) is 2. The molecular weight excluding hydrogens is 292 g/mol. The smallest absolute Gasteiger partial charge is 0.0699 e. The second kappa shape index (κ2) is 5.27. The van der Waals surface area contributed by atoms with E-state index in [0.717, 1.165) is 12.1 Å². The van der Waals surface area contributed by atoms with Crippen molar-refractivity contribution in [3.8, 4) is 11.1 Å². The Morgan fingerprint density at radius 2 is 1.88 bits per heavy atom.